The Kier molecular flexibility index (Phi) is 24.7. The van der Waals surface area contributed by atoms with Gasteiger partial charge in [-0.3, -0.25) is 9.59 Å². The first kappa shape index (κ1) is 31.9. The Labute approximate surface area is 206 Å². The Morgan fingerprint density at radius 3 is 1.48 bits per heavy atom. The quantitative estimate of drug-likeness (QED) is 0.0991. The van der Waals surface area contributed by atoms with Crippen LogP contribution >= 0.6 is 0 Å². The minimum atomic E-state index is -0.0151. The lowest BCUT2D eigenvalue weighted by molar-refractivity contribution is -0.149. The van der Waals surface area contributed by atoms with Gasteiger partial charge in [0.25, 0.3) is 0 Å². The van der Waals surface area contributed by atoms with E-state index in [2.05, 4.69) is 20.8 Å². The average molecular weight is 469 g/mol. The molecule has 0 aromatic rings. The second-order valence-corrected chi connectivity index (χ2v) is 9.69. The average Bonchev–Trinajstić information content (AvgIpc) is 2.82. The molecule has 0 aromatic carbocycles. The maximum Gasteiger partial charge on any atom is 0.308 e. The van der Waals surface area contributed by atoms with Gasteiger partial charge in [-0.15, -0.1) is 0 Å². The number of carbonyl (C=O) groups excluding carboxylic acids is 2. The van der Waals surface area contributed by atoms with Gasteiger partial charge in [-0.1, -0.05) is 117 Å². The summed E-state index contributed by atoms with van der Waals surface area (Å²) in [7, 11) is 0. The van der Waals surface area contributed by atoms with Gasteiger partial charge in [0.2, 0.25) is 0 Å². The van der Waals surface area contributed by atoms with Crippen LogP contribution in [0, 0.1) is 5.92 Å². The van der Waals surface area contributed by atoms with E-state index >= 15 is 0 Å². The summed E-state index contributed by atoms with van der Waals surface area (Å²) >= 11 is 0. The van der Waals surface area contributed by atoms with Crippen molar-refractivity contribution in [1.29, 1.82) is 0 Å². The number of rotatable bonds is 25. The molecule has 0 aliphatic rings. The zero-order chi connectivity index (χ0) is 24.4. The molecule has 0 rings (SSSR count). The van der Waals surface area contributed by atoms with Crippen molar-refractivity contribution in [2.24, 2.45) is 5.92 Å². The van der Waals surface area contributed by atoms with Crippen LogP contribution in [-0.4, -0.2) is 25.2 Å². The fourth-order valence-corrected chi connectivity index (χ4v) is 4.17. The predicted molar refractivity (Wildman–Crippen MR) is 139 cm³/mol. The number of carbonyl (C=O) groups is 2. The molecule has 4 heteroatoms. The van der Waals surface area contributed by atoms with Crippen molar-refractivity contribution < 1.29 is 19.1 Å². The van der Waals surface area contributed by atoms with Crippen LogP contribution in [0.15, 0.2) is 0 Å². The third-order valence-corrected chi connectivity index (χ3v) is 6.51. The van der Waals surface area contributed by atoms with Crippen LogP contribution in [0.2, 0.25) is 0 Å². The van der Waals surface area contributed by atoms with Crippen LogP contribution < -0.4 is 0 Å². The van der Waals surface area contributed by atoms with E-state index in [0.717, 1.165) is 70.6 Å². The topological polar surface area (TPSA) is 52.6 Å². The van der Waals surface area contributed by atoms with E-state index in [1.165, 1.54) is 57.8 Å². The lowest BCUT2D eigenvalue weighted by Gasteiger charge is -2.14. The van der Waals surface area contributed by atoms with E-state index in [1.807, 2.05) is 0 Å². The molecule has 0 N–H and O–H groups in total. The summed E-state index contributed by atoms with van der Waals surface area (Å²) < 4.78 is 10.7. The van der Waals surface area contributed by atoms with E-state index in [9.17, 15) is 9.59 Å². The van der Waals surface area contributed by atoms with E-state index in [-0.39, 0.29) is 17.9 Å². The highest BCUT2D eigenvalue weighted by atomic mass is 16.5. The molecule has 0 aliphatic carbocycles. The van der Waals surface area contributed by atoms with Crippen molar-refractivity contribution >= 4 is 11.9 Å². The van der Waals surface area contributed by atoms with E-state index in [4.69, 9.17) is 9.47 Å². The van der Waals surface area contributed by atoms with Crippen LogP contribution in [0.4, 0.5) is 0 Å². The predicted octanol–water partition coefficient (Wildman–Crippen LogP) is 8.94. The van der Waals surface area contributed by atoms with Gasteiger partial charge >= 0.3 is 11.9 Å². The van der Waals surface area contributed by atoms with Crippen molar-refractivity contribution in [1.82, 2.24) is 0 Å². The van der Waals surface area contributed by atoms with Crippen LogP contribution in [-0.2, 0) is 19.1 Å². The highest BCUT2D eigenvalue weighted by Crippen LogP contribution is 2.18. The van der Waals surface area contributed by atoms with E-state index < -0.39 is 0 Å². The third kappa shape index (κ3) is 22.5. The molecule has 0 saturated heterocycles. The van der Waals surface area contributed by atoms with E-state index in [1.54, 1.807) is 0 Å². The molecule has 0 aliphatic heterocycles. The summed E-state index contributed by atoms with van der Waals surface area (Å²) in [5, 5.41) is 0. The summed E-state index contributed by atoms with van der Waals surface area (Å²) in [5.41, 5.74) is 0. The highest BCUT2D eigenvalue weighted by Gasteiger charge is 2.17. The van der Waals surface area contributed by atoms with Crippen molar-refractivity contribution in [3.05, 3.63) is 0 Å². The molecule has 1 unspecified atom stereocenters. The highest BCUT2D eigenvalue weighted by molar-refractivity contribution is 5.72. The Balaban J connectivity index is 3.37. The van der Waals surface area contributed by atoms with Gasteiger partial charge in [-0.25, -0.2) is 0 Å². The minimum absolute atomic E-state index is 0.0151. The zero-order valence-electron chi connectivity index (χ0n) is 22.5. The van der Waals surface area contributed by atoms with E-state index in [0.29, 0.717) is 19.6 Å². The van der Waals surface area contributed by atoms with Crippen molar-refractivity contribution in [2.45, 2.75) is 156 Å². The van der Waals surface area contributed by atoms with Gasteiger partial charge in [-0.05, 0) is 32.1 Å². The minimum Gasteiger partial charge on any atom is -0.466 e. The first-order valence-electron chi connectivity index (χ1n) is 14.5. The molecule has 0 heterocycles. The molecule has 196 valence electrons. The second-order valence-electron chi connectivity index (χ2n) is 9.69. The monoisotopic (exact) mass is 468 g/mol. The van der Waals surface area contributed by atoms with Gasteiger partial charge in [0.15, 0.2) is 0 Å². The number of unbranched alkanes of at least 4 members (excludes halogenated alkanes) is 15. The fraction of sp³-hybridized carbons (Fsp3) is 0.931. The molecule has 4 nitrogen and oxygen atoms in total. The Morgan fingerprint density at radius 1 is 0.545 bits per heavy atom. The Morgan fingerprint density at radius 2 is 1.00 bits per heavy atom. The smallest absolute Gasteiger partial charge is 0.308 e. The SMILES string of the molecule is CCCCCOC(=O)CCCCCCCCCCCCCCC(CC)C(=O)OCCCCC. The molecule has 0 bridgehead atoms. The van der Waals surface area contributed by atoms with Crippen LogP contribution in [0.5, 0.6) is 0 Å². The summed E-state index contributed by atoms with van der Waals surface area (Å²) in [5.74, 6) is 0.109. The van der Waals surface area contributed by atoms with Crippen molar-refractivity contribution in [3.8, 4) is 0 Å². The third-order valence-electron chi connectivity index (χ3n) is 6.51. The van der Waals surface area contributed by atoms with Gasteiger partial charge < -0.3 is 9.47 Å². The maximum absolute atomic E-state index is 12.1. The number of esters is 2. The maximum atomic E-state index is 12.1. The lowest BCUT2D eigenvalue weighted by Crippen LogP contribution is -2.17. The molecule has 0 saturated carbocycles. The summed E-state index contributed by atoms with van der Waals surface area (Å²) in [4.78, 5) is 23.7. The van der Waals surface area contributed by atoms with Gasteiger partial charge in [0.05, 0.1) is 19.1 Å². The summed E-state index contributed by atoms with van der Waals surface area (Å²) in [6.07, 6.45) is 24.0. The molecule has 33 heavy (non-hydrogen) atoms. The Hall–Kier alpha value is -1.06. The van der Waals surface area contributed by atoms with Gasteiger partial charge in [-0.2, -0.15) is 0 Å². The second kappa shape index (κ2) is 25.6. The normalized spacial score (nSPS) is 12.0. The zero-order valence-corrected chi connectivity index (χ0v) is 22.5. The molecule has 0 fully saturated rings. The number of ether oxygens (including phenoxy) is 2. The molecule has 0 aromatic heterocycles. The summed E-state index contributed by atoms with van der Waals surface area (Å²) in [6.45, 7) is 7.61. The van der Waals surface area contributed by atoms with Crippen molar-refractivity contribution in [2.75, 3.05) is 13.2 Å². The molecule has 1 atom stereocenters. The lowest BCUT2D eigenvalue weighted by atomic mass is 9.97. The molecule has 0 amide bonds. The van der Waals surface area contributed by atoms with Crippen LogP contribution in [0.25, 0.3) is 0 Å². The molecule has 0 spiro atoms. The molecular formula is C29H56O4. The fourth-order valence-electron chi connectivity index (χ4n) is 4.17. The van der Waals surface area contributed by atoms with Gasteiger partial charge in [0.1, 0.15) is 0 Å². The number of hydrogen-bond acceptors (Lipinski definition) is 4. The van der Waals surface area contributed by atoms with Crippen LogP contribution in [0.1, 0.15) is 156 Å². The molecular weight excluding hydrogens is 412 g/mol. The number of hydrogen-bond donors (Lipinski definition) is 0. The van der Waals surface area contributed by atoms with Crippen molar-refractivity contribution in [3.63, 3.8) is 0 Å². The first-order valence-corrected chi connectivity index (χ1v) is 14.5. The van der Waals surface area contributed by atoms with Gasteiger partial charge in [0, 0.05) is 6.42 Å². The standard InChI is InChI=1S/C29H56O4/c1-4-7-21-25-32-28(30)24-20-18-16-14-12-10-9-11-13-15-17-19-23-27(6-3)29(31)33-26-22-8-5-2/h27H,4-26H2,1-3H3. The molecule has 0 radical (unpaired) electrons. The van der Waals surface area contributed by atoms with Crippen LogP contribution in [0.3, 0.4) is 0 Å². The largest absolute Gasteiger partial charge is 0.466 e. The Bertz CT molecular complexity index is 435. The first-order chi connectivity index (χ1) is 16.2. The summed E-state index contributed by atoms with van der Waals surface area (Å²) in [6, 6.07) is 0.